The van der Waals surface area contributed by atoms with E-state index in [1.165, 1.54) is 6.08 Å². The highest BCUT2D eigenvalue weighted by Gasteiger charge is 2.34. The number of carbonyl (C=O) groups is 4. The summed E-state index contributed by atoms with van der Waals surface area (Å²) < 4.78 is 1.86. The van der Waals surface area contributed by atoms with Crippen molar-refractivity contribution in [2.75, 3.05) is 13.1 Å². The highest BCUT2D eigenvalue weighted by atomic mass is 16.2. The van der Waals surface area contributed by atoms with Gasteiger partial charge in [0.15, 0.2) is 0 Å². The highest BCUT2D eigenvalue weighted by Crippen LogP contribution is 2.26. The van der Waals surface area contributed by atoms with Gasteiger partial charge in [0.1, 0.15) is 12.1 Å². The van der Waals surface area contributed by atoms with Gasteiger partial charge >= 0.3 is 6.03 Å². The molecule has 8 nitrogen and oxygen atoms in total. The monoisotopic (exact) mass is 422 g/mol. The molecule has 3 heterocycles. The summed E-state index contributed by atoms with van der Waals surface area (Å²) in [5.41, 5.74) is 1.40. The van der Waals surface area contributed by atoms with Crippen LogP contribution in [0.4, 0.5) is 4.79 Å². The van der Waals surface area contributed by atoms with Crippen molar-refractivity contribution in [3.63, 3.8) is 0 Å². The summed E-state index contributed by atoms with van der Waals surface area (Å²) in [6.07, 6.45) is 6.46. The van der Waals surface area contributed by atoms with E-state index >= 15 is 0 Å². The molecule has 2 fully saturated rings. The van der Waals surface area contributed by atoms with Crippen LogP contribution >= 0.6 is 0 Å². The molecule has 162 valence electrons. The zero-order chi connectivity index (χ0) is 22.1. The Kier molecular flexibility index (Phi) is 5.63. The van der Waals surface area contributed by atoms with Crippen molar-refractivity contribution in [1.29, 1.82) is 0 Å². The third kappa shape index (κ3) is 3.85. The number of aromatic nitrogens is 1. The summed E-state index contributed by atoms with van der Waals surface area (Å²) in [4.78, 5) is 52.7. The number of barbiturate groups is 1. The lowest BCUT2D eigenvalue weighted by Gasteiger charge is -2.33. The number of rotatable bonds is 4. The van der Waals surface area contributed by atoms with Crippen LogP contribution in [0.15, 0.2) is 36.0 Å². The third-order valence-electron chi connectivity index (χ3n) is 6.05. The van der Waals surface area contributed by atoms with E-state index in [1.807, 2.05) is 33.7 Å². The van der Waals surface area contributed by atoms with E-state index in [4.69, 9.17) is 0 Å². The zero-order valence-corrected chi connectivity index (χ0v) is 17.8. The Morgan fingerprint density at radius 2 is 1.97 bits per heavy atom. The van der Waals surface area contributed by atoms with Crippen LogP contribution in [0.2, 0.25) is 0 Å². The minimum atomic E-state index is -0.713. The second kappa shape index (κ2) is 8.37. The van der Waals surface area contributed by atoms with Crippen LogP contribution in [-0.2, 0) is 20.9 Å². The maximum atomic E-state index is 13.0. The lowest BCUT2D eigenvalue weighted by molar-refractivity contribution is -0.135. The average molecular weight is 422 g/mol. The van der Waals surface area contributed by atoms with Gasteiger partial charge < -0.3 is 9.47 Å². The lowest BCUT2D eigenvalue weighted by Crippen LogP contribution is -2.53. The fraction of sp³-hybridized carbons (Fsp3) is 0.391. The molecule has 2 saturated heterocycles. The Balaban J connectivity index is 1.69. The van der Waals surface area contributed by atoms with Gasteiger partial charge in [0, 0.05) is 41.8 Å². The van der Waals surface area contributed by atoms with Crippen LogP contribution in [0, 0.1) is 0 Å². The molecule has 0 bridgehead atoms. The molecule has 31 heavy (non-hydrogen) atoms. The summed E-state index contributed by atoms with van der Waals surface area (Å²) in [7, 11) is 0. The van der Waals surface area contributed by atoms with E-state index in [0.717, 1.165) is 41.6 Å². The second-order valence-electron chi connectivity index (χ2n) is 8.03. The molecule has 1 aromatic heterocycles. The molecule has 2 aliphatic heterocycles. The molecule has 1 atom stereocenters. The topological polar surface area (TPSA) is 91.7 Å². The number of likely N-dealkylation sites (N-methyl/N-ethyl adjacent to an activating group) is 1. The summed E-state index contributed by atoms with van der Waals surface area (Å²) in [6, 6.07) is 7.08. The third-order valence-corrected chi connectivity index (χ3v) is 6.05. The van der Waals surface area contributed by atoms with Crippen LogP contribution in [0.25, 0.3) is 17.0 Å². The molecule has 8 heteroatoms. The van der Waals surface area contributed by atoms with Crippen molar-refractivity contribution in [3.05, 3.63) is 41.6 Å². The number of benzene rings is 1. The average Bonchev–Trinajstić information content (AvgIpc) is 3.09. The van der Waals surface area contributed by atoms with E-state index in [0.29, 0.717) is 5.56 Å². The van der Waals surface area contributed by atoms with Gasteiger partial charge in [0.2, 0.25) is 5.91 Å². The summed E-state index contributed by atoms with van der Waals surface area (Å²) in [5.74, 6) is -1.28. The van der Waals surface area contributed by atoms with Crippen molar-refractivity contribution >= 4 is 40.7 Å². The van der Waals surface area contributed by atoms with E-state index in [1.54, 1.807) is 13.1 Å². The van der Waals surface area contributed by atoms with E-state index in [2.05, 4.69) is 12.2 Å². The molecule has 4 rings (SSSR count). The fourth-order valence-electron chi connectivity index (χ4n) is 4.36. The Bertz CT molecular complexity index is 1100. The first-order chi connectivity index (χ1) is 14.9. The van der Waals surface area contributed by atoms with Crippen LogP contribution in [0.1, 0.15) is 38.7 Å². The number of carbonyl (C=O) groups excluding carboxylic acids is 4. The first kappa shape index (κ1) is 20.8. The molecule has 0 saturated carbocycles. The predicted molar refractivity (Wildman–Crippen MR) is 116 cm³/mol. The number of urea groups is 1. The molecular weight excluding hydrogens is 396 g/mol. The van der Waals surface area contributed by atoms with Gasteiger partial charge in [-0.25, -0.2) is 4.79 Å². The molecule has 0 unspecified atom stereocenters. The number of hydrogen-bond donors (Lipinski definition) is 1. The van der Waals surface area contributed by atoms with Crippen LogP contribution < -0.4 is 5.32 Å². The summed E-state index contributed by atoms with van der Waals surface area (Å²) in [6.45, 7) is 4.87. The molecule has 2 aromatic rings. The number of fused-ring (bicyclic) bond motifs is 1. The Hall–Kier alpha value is -3.42. The number of nitrogens with one attached hydrogen (secondary N) is 1. The fourth-order valence-corrected chi connectivity index (χ4v) is 4.36. The number of likely N-dealkylation sites (tertiary alicyclic amines) is 1. The lowest BCUT2D eigenvalue weighted by atomic mass is 10.0. The number of amides is 5. The summed E-state index contributed by atoms with van der Waals surface area (Å²) >= 11 is 0. The number of piperidine rings is 1. The quantitative estimate of drug-likeness (QED) is 0.605. The zero-order valence-electron chi connectivity index (χ0n) is 17.8. The van der Waals surface area contributed by atoms with Crippen molar-refractivity contribution in [1.82, 2.24) is 19.7 Å². The summed E-state index contributed by atoms with van der Waals surface area (Å²) in [5, 5.41) is 3.04. The Morgan fingerprint density at radius 1 is 1.19 bits per heavy atom. The number of imide groups is 2. The minimum absolute atomic E-state index is 0.0568. The van der Waals surface area contributed by atoms with Crippen LogP contribution in [0.3, 0.4) is 0 Å². The minimum Gasteiger partial charge on any atom is -0.338 e. The molecule has 0 spiro atoms. The van der Waals surface area contributed by atoms with Crippen molar-refractivity contribution in [3.8, 4) is 0 Å². The van der Waals surface area contributed by atoms with Gasteiger partial charge in [0.25, 0.3) is 11.8 Å². The normalized spacial score (nSPS) is 21.2. The highest BCUT2D eigenvalue weighted by molar-refractivity contribution is 6.31. The van der Waals surface area contributed by atoms with Crippen molar-refractivity contribution in [2.45, 2.75) is 45.7 Å². The molecule has 5 amide bonds. The first-order valence-corrected chi connectivity index (χ1v) is 10.7. The number of nitrogens with zero attached hydrogens (tertiary/aromatic N) is 3. The van der Waals surface area contributed by atoms with Gasteiger partial charge in [0.05, 0.1) is 0 Å². The van der Waals surface area contributed by atoms with Gasteiger partial charge in [-0.15, -0.1) is 0 Å². The van der Waals surface area contributed by atoms with Gasteiger partial charge in [-0.05, 0) is 45.3 Å². The maximum Gasteiger partial charge on any atom is 0.331 e. The molecule has 1 aromatic carbocycles. The van der Waals surface area contributed by atoms with Gasteiger partial charge in [-0.3, -0.25) is 24.6 Å². The SMILES string of the molecule is CCN1C(=O)NC(=O)/C(=C\c2cn(CC(=O)N3CCCC[C@H]3C)c3ccccc23)C1=O. The smallest absolute Gasteiger partial charge is 0.331 e. The van der Waals surface area contributed by atoms with E-state index in [9.17, 15) is 19.2 Å². The largest absolute Gasteiger partial charge is 0.338 e. The Labute approximate surface area is 180 Å². The standard InChI is InChI=1S/C23H26N4O4/c1-3-26-22(30)18(21(29)24-23(26)31)12-16-13-25(19-10-5-4-9-17(16)19)14-20(28)27-11-7-6-8-15(27)2/h4-5,9-10,12-13,15H,3,6-8,11,14H2,1-2H3,(H,24,29,31)/b18-12+/t15-/m1/s1. The van der Waals surface area contributed by atoms with Gasteiger partial charge in [-0.2, -0.15) is 0 Å². The second-order valence-corrected chi connectivity index (χ2v) is 8.03. The van der Waals surface area contributed by atoms with Crippen LogP contribution in [0.5, 0.6) is 0 Å². The molecule has 1 N–H and O–H groups in total. The molecule has 0 radical (unpaired) electrons. The number of para-hydroxylation sites is 1. The van der Waals surface area contributed by atoms with Crippen LogP contribution in [-0.4, -0.2) is 57.3 Å². The molecule has 2 aliphatic rings. The predicted octanol–water partition coefficient (Wildman–Crippen LogP) is 2.52. The van der Waals surface area contributed by atoms with E-state index in [-0.39, 0.29) is 30.6 Å². The number of hydrogen-bond acceptors (Lipinski definition) is 4. The van der Waals surface area contributed by atoms with E-state index < -0.39 is 17.8 Å². The maximum absolute atomic E-state index is 13.0. The molecule has 0 aliphatic carbocycles. The van der Waals surface area contributed by atoms with Gasteiger partial charge in [-0.1, -0.05) is 18.2 Å². The van der Waals surface area contributed by atoms with Crippen molar-refractivity contribution < 1.29 is 19.2 Å². The van der Waals surface area contributed by atoms with Crippen molar-refractivity contribution in [2.24, 2.45) is 0 Å². The Morgan fingerprint density at radius 3 is 2.71 bits per heavy atom. The first-order valence-electron chi connectivity index (χ1n) is 10.7. The molecular formula is C23H26N4O4.